The standard InChI is InChI=1S/C22H18N2O2S.BrH/c1-26-18-11-12-19-20(13-18)24-22(23-19)27-14-21(25)17-9-7-16(8-10-17)15-5-3-2-4-6-15;/h2-13H,14H2,1H3,(H,23,24);1H. The van der Waals surface area contributed by atoms with Crippen LogP contribution in [0.5, 0.6) is 5.75 Å². The maximum Gasteiger partial charge on any atom is 0.173 e. The number of imidazole rings is 1. The first-order valence-electron chi connectivity index (χ1n) is 8.58. The molecule has 0 aliphatic heterocycles. The number of carbonyl (C=O) groups is 1. The number of fused-ring (bicyclic) bond motifs is 1. The highest BCUT2D eigenvalue weighted by atomic mass is 79.9. The summed E-state index contributed by atoms with van der Waals surface area (Å²) in [5, 5.41) is 0.729. The SMILES string of the molecule is Br.COc1ccc2nc(SCC(=O)c3ccc(-c4ccccc4)cc3)[nH]c2c1. The minimum Gasteiger partial charge on any atom is -0.497 e. The van der Waals surface area contributed by atoms with Crippen molar-refractivity contribution in [2.45, 2.75) is 5.16 Å². The number of hydrogen-bond donors (Lipinski definition) is 1. The Kier molecular flexibility index (Phi) is 6.54. The fourth-order valence-corrected chi connectivity index (χ4v) is 3.64. The number of carbonyl (C=O) groups excluding carboxylic acids is 1. The van der Waals surface area contributed by atoms with Gasteiger partial charge in [0, 0.05) is 11.6 Å². The number of methoxy groups -OCH3 is 1. The van der Waals surface area contributed by atoms with Crippen LogP contribution in [0.1, 0.15) is 10.4 Å². The first-order chi connectivity index (χ1) is 13.2. The normalized spacial score (nSPS) is 10.5. The number of ether oxygens (including phenoxy) is 1. The van der Waals surface area contributed by atoms with Crippen molar-refractivity contribution in [1.29, 1.82) is 0 Å². The summed E-state index contributed by atoms with van der Waals surface area (Å²) in [6, 6.07) is 23.5. The van der Waals surface area contributed by atoms with Gasteiger partial charge in [-0.15, -0.1) is 17.0 Å². The van der Waals surface area contributed by atoms with E-state index in [1.54, 1.807) is 7.11 Å². The van der Waals surface area contributed by atoms with Gasteiger partial charge in [-0.25, -0.2) is 4.98 Å². The summed E-state index contributed by atoms with van der Waals surface area (Å²) in [5.74, 6) is 1.19. The van der Waals surface area contributed by atoms with Gasteiger partial charge >= 0.3 is 0 Å². The highest BCUT2D eigenvalue weighted by molar-refractivity contribution is 8.93. The summed E-state index contributed by atoms with van der Waals surface area (Å²) < 4.78 is 5.22. The quantitative estimate of drug-likeness (QED) is 0.295. The molecule has 4 aromatic rings. The van der Waals surface area contributed by atoms with E-state index in [4.69, 9.17) is 4.74 Å². The molecule has 1 heterocycles. The molecule has 0 aliphatic rings. The summed E-state index contributed by atoms with van der Waals surface area (Å²) in [4.78, 5) is 20.2. The zero-order chi connectivity index (χ0) is 18.6. The Balaban J connectivity index is 0.00000225. The van der Waals surface area contributed by atoms with Crippen LogP contribution >= 0.6 is 28.7 Å². The second-order valence-electron chi connectivity index (χ2n) is 6.08. The topological polar surface area (TPSA) is 55.0 Å². The summed E-state index contributed by atoms with van der Waals surface area (Å²) in [7, 11) is 1.63. The molecule has 28 heavy (non-hydrogen) atoms. The van der Waals surface area contributed by atoms with Crippen molar-refractivity contribution in [2.75, 3.05) is 12.9 Å². The van der Waals surface area contributed by atoms with E-state index in [1.165, 1.54) is 11.8 Å². The zero-order valence-electron chi connectivity index (χ0n) is 15.2. The van der Waals surface area contributed by atoms with Gasteiger partial charge in [0.2, 0.25) is 0 Å². The molecule has 1 N–H and O–H groups in total. The Morgan fingerprint density at radius 3 is 2.43 bits per heavy atom. The highest BCUT2D eigenvalue weighted by Crippen LogP contribution is 2.24. The number of nitrogens with zero attached hydrogens (tertiary/aromatic N) is 1. The van der Waals surface area contributed by atoms with E-state index in [-0.39, 0.29) is 22.8 Å². The Hall–Kier alpha value is -2.57. The fraction of sp³-hybridized carbons (Fsp3) is 0.0909. The van der Waals surface area contributed by atoms with Gasteiger partial charge in [-0.05, 0) is 23.3 Å². The maximum atomic E-state index is 12.5. The van der Waals surface area contributed by atoms with Gasteiger partial charge in [0.25, 0.3) is 0 Å². The maximum absolute atomic E-state index is 12.5. The Morgan fingerprint density at radius 1 is 1.00 bits per heavy atom. The molecular formula is C22H19BrN2O2S. The second-order valence-corrected chi connectivity index (χ2v) is 7.04. The molecule has 0 spiro atoms. The molecule has 0 radical (unpaired) electrons. The van der Waals surface area contributed by atoms with Crippen LogP contribution in [-0.4, -0.2) is 28.6 Å². The van der Waals surface area contributed by atoms with Crippen LogP contribution in [0.15, 0.2) is 78.0 Å². The number of nitrogens with one attached hydrogen (secondary N) is 1. The van der Waals surface area contributed by atoms with Crippen molar-refractivity contribution >= 4 is 45.6 Å². The van der Waals surface area contributed by atoms with E-state index in [2.05, 4.69) is 22.1 Å². The average Bonchev–Trinajstić information content (AvgIpc) is 3.14. The van der Waals surface area contributed by atoms with Gasteiger partial charge in [-0.1, -0.05) is 66.4 Å². The smallest absolute Gasteiger partial charge is 0.173 e. The van der Waals surface area contributed by atoms with Crippen molar-refractivity contribution in [1.82, 2.24) is 9.97 Å². The lowest BCUT2D eigenvalue weighted by atomic mass is 10.0. The monoisotopic (exact) mass is 454 g/mol. The number of hydrogen-bond acceptors (Lipinski definition) is 4. The molecule has 0 saturated carbocycles. The number of Topliss-reactive ketones (excluding diaryl/α,β-unsaturated/α-hetero) is 1. The van der Waals surface area contributed by atoms with Crippen LogP contribution < -0.4 is 4.74 Å². The number of thioether (sulfide) groups is 1. The number of H-pyrrole nitrogens is 1. The van der Waals surface area contributed by atoms with Gasteiger partial charge in [0.15, 0.2) is 10.9 Å². The molecular weight excluding hydrogens is 436 g/mol. The highest BCUT2D eigenvalue weighted by Gasteiger charge is 2.10. The van der Waals surface area contributed by atoms with Gasteiger partial charge in [0.1, 0.15) is 5.75 Å². The van der Waals surface area contributed by atoms with Crippen LogP contribution in [0.3, 0.4) is 0 Å². The van der Waals surface area contributed by atoms with Crippen LogP contribution in [-0.2, 0) is 0 Å². The van der Waals surface area contributed by atoms with E-state index in [0.29, 0.717) is 11.3 Å². The van der Waals surface area contributed by atoms with Crippen LogP contribution in [0.4, 0.5) is 0 Å². The number of rotatable bonds is 6. The molecule has 0 saturated heterocycles. The number of aromatic nitrogens is 2. The van der Waals surface area contributed by atoms with Gasteiger partial charge < -0.3 is 9.72 Å². The first kappa shape index (κ1) is 20.2. The third kappa shape index (κ3) is 4.46. The van der Waals surface area contributed by atoms with E-state index >= 15 is 0 Å². The van der Waals surface area contributed by atoms with Crippen molar-refractivity contribution < 1.29 is 9.53 Å². The van der Waals surface area contributed by atoms with Crippen LogP contribution in [0, 0.1) is 0 Å². The summed E-state index contributed by atoms with van der Waals surface area (Å²) in [6.07, 6.45) is 0. The zero-order valence-corrected chi connectivity index (χ0v) is 17.7. The minimum atomic E-state index is 0. The molecule has 4 nitrogen and oxygen atoms in total. The van der Waals surface area contributed by atoms with Crippen molar-refractivity contribution in [3.05, 3.63) is 78.4 Å². The van der Waals surface area contributed by atoms with Crippen molar-refractivity contribution in [2.24, 2.45) is 0 Å². The Labute approximate surface area is 178 Å². The lowest BCUT2D eigenvalue weighted by Gasteiger charge is -2.03. The van der Waals surface area contributed by atoms with E-state index in [1.807, 2.05) is 60.7 Å². The van der Waals surface area contributed by atoms with Gasteiger partial charge in [0.05, 0.1) is 23.9 Å². The molecule has 0 aliphatic carbocycles. The molecule has 4 rings (SSSR count). The fourth-order valence-electron chi connectivity index (χ4n) is 2.86. The Morgan fingerprint density at radius 2 is 1.71 bits per heavy atom. The number of aromatic amines is 1. The van der Waals surface area contributed by atoms with E-state index in [9.17, 15) is 4.79 Å². The van der Waals surface area contributed by atoms with Gasteiger partial charge in [-0.2, -0.15) is 0 Å². The van der Waals surface area contributed by atoms with Crippen LogP contribution in [0.2, 0.25) is 0 Å². The third-order valence-electron chi connectivity index (χ3n) is 4.32. The molecule has 0 fully saturated rings. The molecule has 0 unspecified atom stereocenters. The number of ketones is 1. The molecule has 0 atom stereocenters. The van der Waals surface area contributed by atoms with E-state index < -0.39 is 0 Å². The molecule has 0 bridgehead atoms. The Bertz CT molecular complexity index is 1080. The molecule has 0 amide bonds. The predicted molar refractivity (Wildman–Crippen MR) is 120 cm³/mol. The average molecular weight is 455 g/mol. The summed E-state index contributed by atoms with van der Waals surface area (Å²) in [6.45, 7) is 0. The number of halogens is 1. The summed E-state index contributed by atoms with van der Waals surface area (Å²) >= 11 is 1.41. The predicted octanol–water partition coefficient (Wildman–Crippen LogP) is 5.79. The van der Waals surface area contributed by atoms with Crippen molar-refractivity contribution in [3.8, 4) is 16.9 Å². The molecule has 6 heteroatoms. The second kappa shape index (κ2) is 9.08. The third-order valence-corrected chi connectivity index (χ3v) is 5.19. The summed E-state index contributed by atoms with van der Waals surface area (Å²) in [5.41, 5.74) is 4.71. The van der Waals surface area contributed by atoms with Crippen LogP contribution in [0.25, 0.3) is 22.2 Å². The molecule has 142 valence electrons. The number of benzene rings is 3. The molecule has 1 aromatic heterocycles. The van der Waals surface area contributed by atoms with E-state index in [0.717, 1.165) is 33.1 Å². The lowest BCUT2D eigenvalue weighted by Crippen LogP contribution is -2.02. The first-order valence-corrected chi connectivity index (χ1v) is 9.57. The molecule has 3 aromatic carbocycles. The lowest BCUT2D eigenvalue weighted by molar-refractivity contribution is 0.102. The minimum absolute atomic E-state index is 0. The van der Waals surface area contributed by atoms with Crippen molar-refractivity contribution in [3.63, 3.8) is 0 Å². The largest absolute Gasteiger partial charge is 0.497 e. The van der Waals surface area contributed by atoms with Gasteiger partial charge in [-0.3, -0.25) is 4.79 Å².